The van der Waals surface area contributed by atoms with Crippen LogP contribution in [0.25, 0.3) is 0 Å². The number of Topliss-reactive ketones (excluding diaryl/α,β-unsaturated/α-hetero) is 1. The number of carbonyl (C=O) groups excluding carboxylic acids is 1. The number of likely N-dealkylation sites (N-methyl/N-ethyl adjacent to an activating group) is 2. The van der Waals surface area contributed by atoms with Crippen molar-refractivity contribution < 1.29 is 9.37 Å². The number of fused-ring (bicyclic) bond motifs is 2. The van der Waals surface area contributed by atoms with Gasteiger partial charge >= 0.3 is 0 Å². The van der Waals surface area contributed by atoms with E-state index in [1.807, 2.05) is 0 Å². The van der Waals surface area contributed by atoms with Crippen molar-refractivity contribution in [1.29, 1.82) is 0 Å². The van der Waals surface area contributed by atoms with Crippen LogP contribution >= 0.6 is 12.6 Å². The molecule has 0 spiro atoms. The summed E-state index contributed by atoms with van der Waals surface area (Å²) in [5.41, 5.74) is 6.17. The molecule has 2 atom stereocenters. The van der Waals surface area contributed by atoms with E-state index in [9.17, 15) is 4.79 Å². The predicted octanol–water partition coefficient (Wildman–Crippen LogP) is 6.01. The van der Waals surface area contributed by atoms with Gasteiger partial charge in [0.1, 0.15) is 6.54 Å². The highest BCUT2D eigenvalue weighted by molar-refractivity contribution is 7.85. The summed E-state index contributed by atoms with van der Waals surface area (Å²) in [6.45, 7) is 15.2. The lowest BCUT2D eigenvalue weighted by Gasteiger charge is -2.29. The molecule has 1 aromatic carbocycles. The van der Waals surface area contributed by atoms with Gasteiger partial charge in [-0.05, 0) is 51.5 Å². The van der Waals surface area contributed by atoms with Gasteiger partial charge in [-0.3, -0.25) is 4.79 Å². The lowest BCUT2D eigenvalue weighted by molar-refractivity contribution is -0.546. The van der Waals surface area contributed by atoms with Gasteiger partial charge < -0.3 is 4.90 Å². The number of para-hydroxylation sites is 1. The van der Waals surface area contributed by atoms with E-state index < -0.39 is 0 Å². The van der Waals surface area contributed by atoms with Gasteiger partial charge in [-0.15, -0.1) is 12.6 Å². The minimum absolute atomic E-state index is 0.0500. The molecule has 4 heteroatoms. The number of carbonyl (C=O) groups is 1. The summed E-state index contributed by atoms with van der Waals surface area (Å²) in [6.07, 6.45) is 13.1. The van der Waals surface area contributed by atoms with Crippen molar-refractivity contribution in [1.82, 2.24) is 0 Å². The van der Waals surface area contributed by atoms with E-state index in [0.29, 0.717) is 12.0 Å². The predicted molar refractivity (Wildman–Crippen MR) is 145 cm³/mol. The average Bonchev–Trinajstić information content (AvgIpc) is 3.19. The summed E-state index contributed by atoms with van der Waals surface area (Å²) in [6, 6.07) is 8.89. The molecule has 0 fully saturated rings. The van der Waals surface area contributed by atoms with Crippen LogP contribution < -0.4 is 4.90 Å². The van der Waals surface area contributed by atoms with Crippen molar-refractivity contribution in [2.75, 3.05) is 18.0 Å². The first-order valence-corrected chi connectivity index (χ1v) is 12.9. The largest absolute Gasteiger partial charge is 0.344 e. The number of allylic oxidation sites excluding steroid dienone is 7. The molecular formula is C30H35N2OS+. The minimum Gasteiger partial charge on any atom is -0.344 e. The van der Waals surface area contributed by atoms with E-state index in [4.69, 9.17) is 12.6 Å². The van der Waals surface area contributed by atoms with Crippen LogP contribution in [0.2, 0.25) is 0 Å². The number of benzene rings is 1. The van der Waals surface area contributed by atoms with Crippen LogP contribution in [0.5, 0.6) is 0 Å². The second-order valence-electron chi connectivity index (χ2n) is 10.7. The zero-order valence-electron chi connectivity index (χ0n) is 21.1. The Labute approximate surface area is 209 Å². The van der Waals surface area contributed by atoms with E-state index in [0.717, 1.165) is 34.8 Å². The van der Waals surface area contributed by atoms with Crippen molar-refractivity contribution in [2.24, 2.45) is 11.3 Å². The first-order chi connectivity index (χ1) is 16.1. The maximum atomic E-state index is 13.4. The second kappa shape index (κ2) is 7.98. The standard InChI is InChI=1S/C30H34N2OS/c1-7-31-23-15-11-9-13-21(23)29(3,4)25(31)17-19-27(33)20(28(19)34)18-26-30(5,6)22-14-10-12-16-24(22)32(26)8-2/h9-18,21,23H,7-8H2,1-6H3/p+1. The van der Waals surface area contributed by atoms with E-state index in [2.05, 4.69) is 112 Å². The van der Waals surface area contributed by atoms with E-state index in [1.54, 1.807) is 0 Å². The molecule has 2 heterocycles. The fourth-order valence-corrected chi connectivity index (χ4v) is 6.67. The van der Waals surface area contributed by atoms with Gasteiger partial charge in [-0.25, -0.2) is 4.58 Å². The van der Waals surface area contributed by atoms with Crippen molar-refractivity contribution in [3.8, 4) is 0 Å². The van der Waals surface area contributed by atoms with Crippen molar-refractivity contribution in [3.63, 3.8) is 0 Å². The van der Waals surface area contributed by atoms with Crippen LogP contribution in [-0.4, -0.2) is 35.2 Å². The molecule has 34 heavy (non-hydrogen) atoms. The lowest BCUT2D eigenvalue weighted by Crippen LogP contribution is -2.31. The van der Waals surface area contributed by atoms with Crippen LogP contribution in [-0.2, 0) is 10.2 Å². The molecule has 1 aromatic rings. The highest BCUT2D eigenvalue weighted by Gasteiger charge is 2.53. The van der Waals surface area contributed by atoms with Gasteiger partial charge in [0.15, 0.2) is 17.5 Å². The number of hydrogen-bond donors (Lipinski definition) is 1. The Balaban J connectivity index is 1.56. The summed E-state index contributed by atoms with van der Waals surface area (Å²) in [7, 11) is 0. The van der Waals surface area contributed by atoms with Crippen LogP contribution in [0.15, 0.2) is 82.5 Å². The Morgan fingerprint density at radius 1 is 1.06 bits per heavy atom. The lowest BCUT2D eigenvalue weighted by atomic mass is 9.72. The molecule has 0 radical (unpaired) electrons. The Morgan fingerprint density at radius 2 is 1.76 bits per heavy atom. The Bertz CT molecular complexity index is 1270. The quantitative estimate of drug-likeness (QED) is 0.330. The third-order valence-electron chi connectivity index (χ3n) is 8.29. The maximum Gasteiger partial charge on any atom is 0.195 e. The van der Waals surface area contributed by atoms with Crippen LogP contribution in [0.3, 0.4) is 0 Å². The fourth-order valence-electron chi connectivity index (χ4n) is 6.34. The second-order valence-corrected chi connectivity index (χ2v) is 11.2. The zero-order valence-corrected chi connectivity index (χ0v) is 22.0. The first kappa shape index (κ1) is 23.2. The molecule has 2 aliphatic heterocycles. The van der Waals surface area contributed by atoms with Crippen LogP contribution in [0.1, 0.15) is 47.1 Å². The van der Waals surface area contributed by atoms with Crippen molar-refractivity contribution >= 4 is 29.8 Å². The Kier molecular flexibility index (Phi) is 5.44. The third-order valence-corrected chi connectivity index (χ3v) is 8.77. The average molecular weight is 472 g/mol. The fraction of sp³-hybridized carbons (Fsp3) is 0.400. The Hall–Kier alpha value is -2.59. The number of rotatable bonds is 4. The summed E-state index contributed by atoms with van der Waals surface area (Å²) in [4.78, 5) is 16.6. The van der Waals surface area contributed by atoms with Gasteiger partial charge in [0.05, 0.1) is 11.3 Å². The molecule has 3 nitrogen and oxygen atoms in total. The third kappa shape index (κ3) is 3.11. The number of nitrogens with zero attached hydrogens (tertiary/aromatic N) is 2. The highest BCUT2D eigenvalue weighted by atomic mass is 32.1. The number of anilines is 1. The van der Waals surface area contributed by atoms with Gasteiger partial charge in [-0.1, -0.05) is 50.3 Å². The summed E-state index contributed by atoms with van der Waals surface area (Å²) < 4.78 is 2.44. The van der Waals surface area contributed by atoms with Crippen molar-refractivity contribution in [2.45, 2.75) is 53.0 Å². The smallest absolute Gasteiger partial charge is 0.195 e. The van der Waals surface area contributed by atoms with Gasteiger partial charge in [0.25, 0.3) is 0 Å². The van der Waals surface area contributed by atoms with E-state index >= 15 is 0 Å². The molecule has 0 saturated carbocycles. The Morgan fingerprint density at radius 3 is 2.44 bits per heavy atom. The van der Waals surface area contributed by atoms with Gasteiger partial charge in [-0.2, -0.15) is 0 Å². The SMILES string of the molecule is CCN1C(=CC2=C(S)C(=CC3=[N+](CC)C4C=CC=CC4C3(C)C)C2=O)C(C)(C)c2ccccc21. The summed E-state index contributed by atoms with van der Waals surface area (Å²) >= 11 is 4.84. The summed E-state index contributed by atoms with van der Waals surface area (Å²) in [5, 5.41) is 0. The molecule has 176 valence electrons. The van der Waals surface area contributed by atoms with Crippen LogP contribution in [0, 0.1) is 11.3 Å². The summed E-state index contributed by atoms with van der Waals surface area (Å²) in [5.74, 6) is 0.505. The molecule has 0 N–H and O–H groups in total. The molecular weight excluding hydrogens is 436 g/mol. The van der Waals surface area contributed by atoms with Crippen LogP contribution in [0.4, 0.5) is 5.69 Å². The molecule has 0 amide bonds. The minimum atomic E-state index is -0.164. The first-order valence-electron chi connectivity index (χ1n) is 12.4. The van der Waals surface area contributed by atoms with Crippen molar-refractivity contribution in [3.05, 3.63) is 88.0 Å². The maximum absolute atomic E-state index is 13.4. The molecule has 5 rings (SSSR count). The molecule has 0 saturated heterocycles. The molecule has 0 bridgehead atoms. The van der Waals surface area contributed by atoms with Gasteiger partial charge in [0.2, 0.25) is 0 Å². The normalized spacial score (nSPS) is 28.8. The monoisotopic (exact) mass is 471 g/mol. The highest BCUT2D eigenvalue weighted by Crippen LogP contribution is 2.49. The van der Waals surface area contributed by atoms with Gasteiger partial charge in [0, 0.05) is 45.5 Å². The number of thiol groups is 1. The molecule has 2 unspecified atom stereocenters. The molecule has 4 aliphatic rings. The molecule has 0 aromatic heterocycles. The number of ketones is 1. The zero-order chi connectivity index (χ0) is 24.4. The van der Waals surface area contributed by atoms with E-state index in [-0.39, 0.29) is 16.6 Å². The van der Waals surface area contributed by atoms with E-state index in [1.165, 1.54) is 17.0 Å². The topological polar surface area (TPSA) is 23.3 Å². The molecule has 2 aliphatic carbocycles. The number of hydrogen-bond acceptors (Lipinski definition) is 3.